The third-order valence-electron chi connectivity index (χ3n) is 5.37. The third-order valence-corrected chi connectivity index (χ3v) is 6.55. The Kier molecular flexibility index (Phi) is 6.28. The van der Waals surface area contributed by atoms with Crippen LogP contribution in [0.15, 0.2) is 60.2 Å². The van der Waals surface area contributed by atoms with E-state index in [0.717, 1.165) is 53.3 Å². The first-order chi connectivity index (χ1) is 14.7. The number of piperazine rings is 1. The first kappa shape index (κ1) is 20.3. The molecule has 4 rings (SSSR count). The second-order valence-electron chi connectivity index (χ2n) is 7.21. The summed E-state index contributed by atoms with van der Waals surface area (Å²) in [4.78, 5) is 28.1. The number of ether oxygens (including phenoxy) is 1. The molecule has 1 aliphatic heterocycles. The molecule has 0 unspecified atom stereocenters. The number of carbonyl (C=O) groups is 1. The minimum absolute atomic E-state index is 0.0461. The van der Waals surface area contributed by atoms with Gasteiger partial charge in [0.1, 0.15) is 22.7 Å². The molecule has 30 heavy (non-hydrogen) atoms. The van der Waals surface area contributed by atoms with Crippen LogP contribution in [-0.2, 0) is 16.0 Å². The van der Waals surface area contributed by atoms with Crippen molar-refractivity contribution in [2.24, 2.45) is 0 Å². The van der Waals surface area contributed by atoms with Gasteiger partial charge in [-0.05, 0) is 42.7 Å². The number of carbonyl (C=O) groups excluding carboxylic acids is 1. The summed E-state index contributed by atoms with van der Waals surface area (Å²) < 4.78 is 5.25. The van der Waals surface area contributed by atoms with Crippen LogP contribution in [0.1, 0.15) is 18.2 Å². The van der Waals surface area contributed by atoms with Crippen molar-refractivity contribution in [2.75, 3.05) is 38.2 Å². The van der Waals surface area contributed by atoms with Gasteiger partial charge in [0.2, 0.25) is 5.91 Å². The third kappa shape index (κ3) is 4.46. The van der Waals surface area contributed by atoms with Crippen molar-refractivity contribution in [1.29, 1.82) is 0 Å². The van der Waals surface area contributed by atoms with Gasteiger partial charge < -0.3 is 14.5 Å². The van der Waals surface area contributed by atoms with Crippen molar-refractivity contribution in [2.45, 2.75) is 19.8 Å². The molecule has 0 radical (unpaired) electrons. The lowest BCUT2D eigenvalue weighted by Gasteiger charge is -2.35. The number of anilines is 1. The van der Waals surface area contributed by atoms with Gasteiger partial charge in [0.05, 0.1) is 12.5 Å². The molecule has 0 spiro atoms. The zero-order valence-electron chi connectivity index (χ0n) is 17.4. The molecule has 0 bridgehead atoms. The summed E-state index contributed by atoms with van der Waals surface area (Å²) in [5.74, 6) is 1.87. The minimum Gasteiger partial charge on any atom is -0.497 e. The SMILES string of the molecule is CCc1cc2c(N3CCN(C(=O)/C=C/C4=CCC=C(OC)C=C4)CC3)ncnc2s1. The number of fused-ring (bicyclic) bond motifs is 1. The summed E-state index contributed by atoms with van der Waals surface area (Å²) >= 11 is 1.73. The molecule has 3 heterocycles. The van der Waals surface area contributed by atoms with E-state index in [0.29, 0.717) is 13.1 Å². The molecular weight excluding hydrogens is 396 g/mol. The number of aryl methyl sites for hydroxylation is 1. The number of methoxy groups -OCH3 is 1. The summed E-state index contributed by atoms with van der Waals surface area (Å²) in [5, 5.41) is 1.12. The standard InChI is InChI=1S/C23H26N4O2S/c1-3-19-15-20-22(24-16-25-23(20)30-19)27-13-11-26(12-14-27)21(28)10-8-17-5-4-6-18(29-2)9-7-17/h5-10,15-16H,3-4,11-14H2,1-2H3/b10-8+. The monoisotopic (exact) mass is 422 g/mol. The van der Waals surface area contributed by atoms with Gasteiger partial charge in [-0.2, -0.15) is 0 Å². The summed E-state index contributed by atoms with van der Waals surface area (Å²) in [7, 11) is 1.66. The Morgan fingerprint density at radius 3 is 2.80 bits per heavy atom. The first-order valence-corrected chi connectivity index (χ1v) is 11.1. The molecule has 2 aromatic heterocycles. The van der Waals surface area contributed by atoms with Gasteiger partial charge in [0.15, 0.2) is 0 Å². The van der Waals surface area contributed by atoms with Crippen LogP contribution in [0.3, 0.4) is 0 Å². The first-order valence-electron chi connectivity index (χ1n) is 10.3. The highest BCUT2D eigenvalue weighted by Gasteiger charge is 2.22. The number of allylic oxidation sites excluding steroid dienone is 6. The minimum atomic E-state index is 0.0461. The highest BCUT2D eigenvalue weighted by atomic mass is 32.1. The molecule has 2 aromatic rings. The molecular formula is C23H26N4O2S. The molecule has 1 fully saturated rings. The molecule has 1 aliphatic carbocycles. The van der Waals surface area contributed by atoms with E-state index < -0.39 is 0 Å². The number of amides is 1. The lowest BCUT2D eigenvalue weighted by molar-refractivity contribution is -0.126. The van der Waals surface area contributed by atoms with E-state index in [2.05, 4.69) is 33.9 Å². The van der Waals surface area contributed by atoms with Crippen molar-refractivity contribution in [3.63, 3.8) is 0 Å². The van der Waals surface area contributed by atoms with Crippen LogP contribution < -0.4 is 4.90 Å². The van der Waals surface area contributed by atoms with Crippen LogP contribution in [0, 0.1) is 0 Å². The van der Waals surface area contributed by atoms with Crippen LogP contribution in [0.2, 0.25) is 0 Å². The van der Waals surface area contributed by atoms with E-state index in [9.17, 15) is 4.79 Å². The van der Waals surface area contributed by atoms with Crippen LogP contribution >= 0.6 is 11.3 Å². The largest absolute Gasteiger partial charge is 0.497 e. The zero-order valence-corrected chi connectivity index (χ0v) is 18.2. The van der Waals surface area contributed by atoms with Gasteiger partial charge in [0, 0.05) is 37.1 Å². The molecule has 156 valence electrons. The van der Waals surface area contributed by atoms with Gasteiger partial charge in [-0.15, -0.1) is 11.3 Å². The molecule has 0 atom stereocenters. The van der Waals surface area contributed by atoms with Crippen LogP contribution in [0.5, 0.6) is 0 Å². The van der Waals surface area contributed by atoms with Gasteiger partial charge in [-0.25, -0.2) is 9.97 Å². The Hall–Kier alpha value is -2.93. The average Bonchev–Trinajstić information content (AvgIpc) is 3.08. The Labute approximate surface area is 180 Å². The number of nitrogens with zero attached hydrogens (tertiary/aromatic N) is 4. The summed E-state index contributed by atoms with van der Waals surface area (Å²) in [6.45, 7) is 5.07. The Morgan fingerprint density at radius 1 is 1.20 bits per heavy atom. The molecule has 1 saturated heterocycles. The molecule has 1 amide bonds. The predicted octanol–water partition coefficient (Wildman–Crippen LogP) is 3.88. The zero-order chi connectivity index (χ0) is 20.9. The second-order valence-corrected chi connectivity index (χ2v) is 8.33. The van der Waals surface area contributed by atoms with E-state index >= 15 is 0 Å². The summed E-state index contributed by atoms with van der Waals surface area (Å²) in [6.07, 6.45) is 15.0. The number of rotatable bonds is 5. The van der Waals surface area contributed by atoms with Gasteiger partial charge >= 0.3 is 0 Å². The highest BCUT2D eigenvalue weighted by Crippen LogP contribution is 2.31. The van der Waals surface area contributed by atoms with E-state index in [1.165, 1.54) is 4.88 Å². The predicted molar refractivity (Wildman–Crippen MR) is 122 cm³/mol. The lowest BCUT2D eigenvalue weighted by atomic mass is 10.2. The number of hydrogen-bond donors (Lipinski definition) is 0. The molecule has 0 saturated carbocycles. The fourth-order valence-electron chi connectivity index (χ4n) is 3.63. The van der Waals surface area contributed by atoms with Crippen molar-refractivity contribution >= 4 is 33.3 Å². The average molecular weight is 423 g/mol. The number of aromatic nitrogens is 2. The van der Waals surface area contributed by atoms with Gasteiger partial charge in [0.25, 0.3) is 0 Å². The fourth-order valence-corrected chi connectivity index (χ4v) is 4.56. The Morgan fingerprint density at radius 2 is 2.03 bits per heavy atom. The second kappa shape index (κ2) is 9.26. The molecule has 6 nitrogen and oxygen atoms in total. The molecule has 0 N–H and O–H groups in total. The van der Waals surface area contributed by atoms with Crippen molar-refractivity contribution < 1.29 is 9.53 Å². The fraction of sp³-hybridized carbons (Fsp3) is 0.348. The summed E-state index contributed by atoms with van der Waals surface area (Å²) in [5.41, 5.74) is 1.01. The van der Waals surface area contributed by atoms with Crippen LogP contribution in [0.4, 0.5) is 5.82 Å². The summed E-state index contributed by atoms with van der Waals surface area (Å²) in [6, 6.07) is 2.20. The lowest BCUT2D eigenvalue weighted by Crippen LogP contribution is -2.48. The topological polar surface area (TPSA) is 58.6 Å². The molecule has 0 aromatic carbocycles. The smallest absolute Gasteiger partial charge is 0.246 e. The molecule has 2 aliphatic rings. The van der Waals surface area contributed by atoms with E-state index in [-0.39, 0.29) is 5.91 Å². The van der Waals surface area contributed by atoms with Crippen molar-refractivity contribution in [3.8, 4) is 0 Å². The van der Waals surface area contributed by atoms with Crippen molar-refractivity contribution in [3.05, 3.63) is 65.1 Å². The highest BCUT2D eigenvalue weighted by molar-refractivity contribution is 7.18. The Bertz CT molecular complexity index is 1040. The van der Waals surface area contributed by atoms with E-state index in [1.807, 2.05) is 29.2 Å². The maximum Gasteiger partial charge on any atom is 0.246 e. The molecule has 7 heteroatoms. The number of hydrogen-bond acceptors (Lipinski definition) is 6. The van der Waals surface area contributed by atoms with E-state index in [1.54, 1.807) is 30.8 Å². The van der Waals surface area contributed by atoms with Crippen LogP contribution in [-0.4, -0.2) is 54.1 Å². The van der Waals surface area contributed by atoms with E-state index in [4.69, 9.17) is 4.74 Å². The maximum absolute atomic E-state index is 12.7. The van der Waals surface area contributed by atoms with Crippen molar-refractivity contribution in [1.82, 2.24) is 14.9 Å². The van der Waals surface area contributed by atoms with Gasteiger partial charge in [-0.1, -0.05) is 19.1 Å². The maximum atomic E-state index is 12.7. The normalized spacial score (nSPS) is 17.3. The quantitative estimate of drug-likeness (QED) is 0.685. The van der Waals surface area contributed by atoms with Gasteiger partial charge in [-0.3, -0.25) is 4.79 Å². The number of thiophene rings is 1. The Balaban J connectivity index is 1.37. The van der Waals surface area contributed by atoms with Crippen LogP contribution in [0.25, 0.3) is 10.2 Å².